The lowest BCUT2D eigenvalue weighted by Gasteiger charge is -2.19. The summed E-state index contributed by atoms with van der Waals surface area (Å²) in [4.78, 5) is 4.17. The molecule has 0 aromatic rings. The molecule has 0 spiro atoms. The van der Waals surface area contributed by atoms with Crippen molar-refractivity contribution in [3.8, 4) is 0 Å². The van der Waals surface area contributed by atoms with Crippen LogP contribution in [0.1, 0.15) is 27.2 Å². The molecule has 1 unspecified atom stereocenters. The molecule has 0 amide bonds. The van der Waals surface area contributed by atoms with Gasteiger partial charge in [-0.2, -0.15) is 0 Å². The molecular formula is C9H15N. The molecule has 0 aromatic heterocycles. The monoisotopic (exact) mass is 137 g/mol. The van der Waals surface area contributed by atoms with Crippen LogP contribution in [0.15, 0.2) is 17.3 Å². The van der Waals surface area contributed by atoms with Gasteiger partial charge in [0.2, 0.25) is 0 Å². The zero-order chi connectivity index (χ0) is 7.61. The van der Waals surface area contributed by atoms with Gasteiger partial charge in [-0.05, 0) is 12.3 Å². The standard InChI is InChI=1S/C9H15N/c1-8-4-5-10-7-9(2,3)6-8/h4-5,7-8H,6H2,1-3H3. The summed E-state index contributed by atoms with van der Waals surface area (Å²) in [5.74, 6) is 0.664. The molecule has 0 N–H and O–H groups in total. The zero-order valence-corrected chi connectivity index (χ0v) is 6.96. The van der Waals surface area contributed by atoms with Gasteiger partial charge in [0, 0.05) is 17.8 Å². The fraction of sp³-hybridized carbons (Fsp3) is 0.667. The van der Waals surface area contributed by atoms with Crippen LogP contribution < -0.4 is 0 Å². The van der Waals surface area contributed by atoms with Crippen molar-refractivity contribution in [3.63, 3.8) is 0 Å². The average Bonchev–Trinajstić information content (AvgIpc) is 1.90. The Morgan fingerprint density at radius 2 is 2.20 bits per heavy atom. The third kappa shape index (κ3) is 1.98. The Labute approximate surface area is 62.9 Å². The van der Waals surface area contributed by atoms with E-state index in [1.165, 1.54) is 6.42 Å². The molecule has 1 heterocycles. The fourth-order valence-corrected chi connectivity index (χ4v) is 1.39. The number of nitrogens with zero attached hydrogens (tertiary/aromatic N) is 1. The lowest BCUT2D eigenvalue weighted by atomic mass is 9.85. The van der Waals surface area contributed by atoms with Crippen LogP contribution in [0.2, 0.25) is 0 Å². The second-order valence-electron chi connectivity index (χ2n) is 3.79. The topological polar surface area (TPSA) is 12.4 Å². The lowest BCUT2D eigenvalue weighted by molar-refractivity contribution is 0.430. The van der Waals surface area contributed by atoms with Crippen molar-refractivity contribution in [2.24, 2.45) is 16.3 Å². The number of hydrogen-bond donors (Lipinski definition) is 0. The first-order valence-electron chi connectivity index (χ1n) is 3.81. The Kier molecular flexibility index (Phi) is 1.93. The van der Waals surface area contributed by atoms with E-state index in [0.717, 1.165) is 0 Å². The van der Waals surface area contributed by atoms with Crippen LogP contribution in [0.4, 0.5) is 0 Å². The van der Waals surface area contributed by atoms with Crippen molar-refractivity contribution >= 4 is 6.21 Å². The van der Waals surface area contributed by atoms with E-state index < -0.39 is 0 Å². The summed E-state index contributed by atoms with van der Waals surface area (Å²) in [6.45, 7) is 6.67. The molecule has 1 heteroatoms. The molecule has 0 fully saturated rings. The smallest absolute Gasteiger partial charge is 0.0226 e. The molecule has 0 bridgehead atoms. The third-order valence-corrected chi connectivity index (χ3v) is 1.77. The molecule has 1 aliphatic heterocycles. The van der Waals surface area contributed by atoms with Gasteiger partial charge in [-0.25, -0.2) is 0 Å². The molecule has 0 saturated heterocycles. The molecule has 56 valence electrons. The summed E-state index contributed by atoms with van der Waals surface area (Å²) in [6.07, 6.45) is 7.30. The molecule has 1 atom stereocenters. The van der Waals surface area contributed by atoms with Crippen LogP contribution in [0.5, 0.6) is 0 Å². The van der Waals surface area contributed by atoms with Crippen molar-refractivity contribution in [2.75, 3.05) is 0 Å². The van der Waals surface area contributed by atoms with Crippen molar-refractivity contribution in [1.29, 1.82) is 0 Å². The van der Waals surface area contributed by atoms with E-state index in [2.05, 4.69) is 31.8 Å². The normalized spacial score (nSPS) is 30.1. The van der Waals surface area contributed by atoms with Crippen LogP contribution in [0.3, 0.4) is 0 Å². The van der Waals surface area contributed by atoms with Crippen molar-refractivity contribution in [2.45, 2.75) is 27.2 Å². The highest BCUT2D eigenvalue weighted by atomic mass is 14.7. The highest BCUT2D eigenvalue weighted by Crippen LogP contribution is 2.25. The Bertz CT molecular complexity index is 166. The van der Waals surface area contributed by atoms with Crippen molar-refractivity contribution in [1.82, 2.24) is 0 Å². The van der Waals surface area contributed by atoms with Gasteiger partial charge in [0.1, 0.15) is 0 Å². The van der Waals surface area contributed by atoms with Crippen molar-refractivity contribution < 1.29 is 0 Å². The summed E-state index contributed by atoms with van der Waals surface area (Å²) in [5.41, 5.74) is 0.281. The highest BCUT2D eigenvalue weighted by molar-refractivity contribution is 5.65. The Hall–Kier alpha value is -0.590. The molecule has 0 radical (unpaired) electrons. The summed E-state index contributed by atoms with van der Waals surface area (Å²) >= 11 is 0. The first kappa shape index (κ1) is 7.52. The molecular weight excluding hydrogens is 122 g/mol. The predicted molar refractivity (Wildman–Crippen MR) is 45.2 cm³/mol. The maximum atomic E-state index is 4.17. The van der Waals surface area contributed by atoms with Crippen LogP contribution >= 0.6 is 0 Å². The van der Waals surface area contributed by atoms with Gasteiger partial charge in [-0.15, -0.1) is 0 Å². The maximum absolute atomic E-state index is 4.17. The highest BCUT2D eigenvalue weighted by Gasteiger charge is 2.18. The SMILES string of the molecule is CC1C=CN=CC(C)(C)C1. The second-order valence-corrected chi connectivity index (χ2v) is 3.79. The van der Waals surface area contributed by atoms with E-state index in [-0.39, 0.29) is 5.41 Å². The van der Waals surface area contributed by atoms with Crippen LogP contribution in [-0.2, 0) is 0 Å². The largest absolute Gasteiger partial charge is 0.269 e. The minimum absolute atomic E-state index is 0.281. The minimum atomic E-state index is 0.281. The van der Waals surface area contributed by atoms with Gasteiger partial charge in [-0.3, -0.25) is 4.99 Å². The average molecular weight is 137 g/mol. The fourth-order valence-electron chi connectivity index (χ4n) is 1.39. The molecule has 1 nitrogen and oxygen atoms in total. The van der Waals surface area contributed by atoms with Crippen LogP contribution in [0, 0.1) is 11.3 Å². The summed E-state index contributed by atoms with van der Waals surface area (Å²) in [6, 6.07) is 0. The van der Waals surface area contributed by atoms with Gasteiger partial charge in [-0.1, -0.05) is 26.8 Å². The Morgan fingerprint density at radius 3 is 2.90 bits per heavy atom. The number of aliphatic imine (C=N–C) groups is 1. The number of hydrogen-bond acceptors (Lipinski definition) is 1. The van der Waals surface area contributed by atoms with E-state index in [9.17, 15) is 0 Å². The predicted octanol–water partition coefficient (Wildman–Crippen LogP) is 2.64. The minimum Gasteiger partial charge on any atom is -0.269 e. The molecule has 0 aromatic carbocycles. The quantitative estimate of drug-likeness (QED) is 0.486. The van der Waals surface area contributed by atoms with E-state index in [0.29, 0.717) is 5.92 Å². The third-order valence-electron chi connectivity index (χ3n) is 1.77. The molecule has 1 aliphatic rings. The van der Waals surface area contributed by atoms with E-state index in [4.69, 9.17) is 0 Å². The first-order chi connectivity index (χ1) is 4.60. The number of allylic oxidation sites excluding steroid dienone is 1. The zero-order valence-electron chi connectivity index (χ0n) is 6.96. The molecule has 1 rings (SSSR count). The van der Waals surface area contributed by atoms with E-state index in [1.807, 2.05) is 12.4 Å². The lowest BCUT2D eigenvalue weighted by Crippen LogP contribution is -2.14. The van der Waals surface area contributed by atoms with Crippen molar-refractivity contribution in [3.05, 3.63) is 12.3 Å². The maximum Gasteiger partial charge on any atom is 0.0226 e. The van der Waals surface area contributed by atoms with E-state index in [1.54, 1.807) is 0 Å². The molecule has 10 heavy (non-hydrogen) atoms. The van der Waals surface area contributed by atoms with Gasteiger partial charge < -0.3 is 0 Å². The summed E-state index contributed by atoms with van der Waals surface area (Å²) < 4.78 is 0. The number of rotatable bonds is 0. The van der Waals surface area contributed by atoms with Gasteiger partial charge in [0.25, 0.3) is 0 Å². The summed E-state index contributed by atoms with van der Waals surface area (Å²) in [7, 11) is 0. The first-order valence-corrected chi connectivity index (χ1v) is 3.81. The van der Waals surface area contributed by atoms with Gasteiger partial charge in [0.05, 0.1) is 0 Å². The Morgan fingerprint density at radius 1 is 1.50 bits per heavy atom. The summed E-state index contributed by atoms with van der Waals surface area (Å²) in [5, 5.41) is 0. The molecule has 0 aliphatic carbocycles. The Balaban J connectivity index is 2.69. The molecule has 0 saturated carbocycles. The second kappa shape index (κ2) is 2.57. The van der Waals surface area contributed by atoms with Crippen LogP contribution in [-0.4, -0.2) is 6.21 Å². The van der Waals surface area contributed by atoms with Gasteiger partial charge >= 0.3 is 0 Å². The van der Waals surface area contributed by atoms with E-state index >= 15 is 0 Å². The van der Waals surface area contributed by atoms with Crippen LogP contribution in [0.25, 0.3) is 0 Å². The van der Waals surface area contributed by atoms with Gasteiger partial charge in [0.15, 0.2) is 0 Å².